The summed E-state index contributed by atoms with van der Waals surface area (Å²) in [5, 5.41) is 15.7. The van der Waals surface area contributed by atoms with Gasteiger partial charge in [0.25, 0.3) is 0 Å². The number of hydrogen-bond donors (Lipinski definition) is 4. The molecule has 0 fully saturated rings. The average molecular weight is 487 g/mol. The Kier molecular flexibility index (Phi) is 10.2. The molecule has 2 amide bonds. The van der Waals surface area contributed by atoms with Crippen molar-refractivity contribution >= 4 is 28.4 Å². The molecule has 1 atom stereocenters. The SMILES string of the molecule is C=C(CCCCCC(NC(=O)/C(C)=C/C=C1/C=CC=CC1)C(=O)Nc1cccc2cccnc12)NO. The van der Waals surface area contributed by atoms with E-state index in [1.807, 2.05) is 54.6 Å². The third kappa shape index (κ3) is 8.06. The van der Waals surface area contributed by atoms with Crippen LogP contribution < -0.4 is 16.1 Å². The average Bonchev–Trinajstić information content (AvgIpc) is 2.91. The molecule has 3 rings (SSSR count). The summed E-state index contributed by atoms with van der Waals surface area (Å²) in [5.41, 5.74) is 5.56. The van der Waals surface area contributed by atoms with E-state index in [0.717, 1.165) is 36.6 Å². The number of nitrogens with one attached hydrogen (secondary N) is 3. The van der Waals surface area contributed by atoms with E-state index in [-0.39, 0.29) is 11.8 Å². The van der Waals surface area contributed by atoms with Crippen molar-refractivity contribution in [3.8, 4) is 0 Å². The van der Waals surface area contributed by atoms with Gasteiger partial charge in [0.1, 0.15) is 6.04 Å². The second kappa shape index (κ2) is 13.8. The molecule has 0 radical (unpaired) electrons. The first-order valence-electron chi connectivity index (χ1n) is 12.2. The Morgan fingerprint density at radius 3 is 2.78 bits per heavy atom. The van der Waals surface area contributed by atoms with Crippen molar-refractivity contribution in [2.24, 2.45) is 0 Å². The minimum Gasteiger partial charge on any atom is -0.341 e. The summed E-state index contributed by atoms with van der Waals surface area (Å²) in [6, 6.07) is 8.69. The van der Waals surface area contributed by atoms with Gasteiger partial charge in [-0.2, -0.15) is 0 Å². The van der Waals surface area contributed by atoms with Crippen LogP contribution in [0.15, 0.2) is 96.4 Å². The monoisotopic (exact) mass is 486 g/mol. The van der Waals surface area contributed by atoms with Crippen LogP contribution in [0.25, 0.3) is 10.9 Å². The van der Waals surface area contributed by atoms with Crippen molar-refractivity contribution in [1.82, 2.24) is 15.8 Å². The van der Waals surface area contributed by atoms with E-state index in [0.29, 0.717) is 35.3 Å². The Morgan fingerprint density at radius 1 is 1.17 bits per heavy atom. The highest BCUT2D eigenvalue weighted by atomic mass is 16.5. The van der Waals surface area contributed by atoms with E-state index in [1.54, 1.807) is 19.2 Å². The zero-order valence-electron chi connectivity index (χ0n) is 20.7. The molecule has 0 saturated carbocycles. The lowest BCUT2D eigenvalue weighted by molar-refractivity contribution is -0.124. The van der Waals surface area contributed by atoms with E-state index in [9.17, 15) is 9.59 Å². The maximum absolute atomic E-state index is 13.3. The molecule has 1 aromatic carbocycles. The summed E-state index contributed by atoms with van der Waals surface area (Å²) in [5.74, 6) is -0.564. The molecular formula is C29H34N4O3. The van der Waals surface area contributed by atoms with E-state index in [4.69, 9.17) is 5.21 Å². The minimum absolute atomic E-state index is 0.281. The van der Waals surface area contributed by atoms with Crippen LogP contribution in [0.4, 0.5) is 5.69 Å². The molecule has 1 aliphatic carbocycles. The number of anilines is 1. The molecule has 1 aromatic heterocycles. The van der Waals surface area contributed by atoms with Crippen molar-refractivity contribution in [1.29, 1.82) is 0 Å². The highest BCUT2D eigenvalue weighted by Gasteiger charge is 2.22. The number of carbonyl (C=O) groups is 2. The minimum atomic E-state index is -0.704. The molecule has 1 unspecified atom stereocenters. The largest absolute Gasteiger partial charge is 0.341 e. The van der Waals surface area contributed by atoms with Gasteiger partial charge in [-0.3, -0.25) is 25.3 Å². The Balaban J connectivity index is 1.69. The number of hydroxylamine groups is 1. The van der Waals surface area contributed by atoms with Gasteiger partial charge < -0.3 is 10.6 Å². The van der Waals surface area contributed by atoms with Crippen LogP contribution in [-0.2, 0) is 9.59 Å². The summed E-state index contributed by atoms with van der Waals surface area (Å²) in [4.78, 5) is 30.6. The highest BCUT2D eigenvalue weighted by Crippen LogP contribution is 2.21. The van der Waals surface area contributed by atoms with Gasteiger partial charge in [-0.05, 0) is 50.3 Å². The number of fused-ring (bicyclic) bond motifs is 1. The number of rotatable bonds is 12. The predicted molar refractivity (Wildman–Crippen MR) is 144 cm³/mol. The number of allylic oxidation sites excluding steroid dienone is 8. The lowest BCUT2D eigenvalue weighted by Gasteiger charge is -2.19. The summed E-state index contributed by atoms with van der Waals surface area (Å²) < 4.78 is 0. The summed E-state index contributed by atoms with van der Waals surface area (Å²) in [7, 11) is 0. The number of para-hydroxylation sites is 1. The number of carbonyl (C=O) groups excluding carboxylic acids is 2. The van der Waals surface area contributed by atoms with Crippen LogP contribution in [0, 0.1) is 0 Å². The standard InChI is InChI=1S/C29H34N4O3/c1-21(18-19-23-12-6-4-7-13-23)28(34)32-26(16-8-3-5-11-22(2)33-36)29(35)31-25-17-9-14-24-15-10-20-30-27(24)25/h4,6-7,9-10,12,14-15,17-20,26,33,36H,2-3,5,8,11,13,16H2,1H3,(H,31,35)(H,32,34)/b21-18+,23-19-. The molecule has 188 valence electrons. The second-order valence-electron chi connectivity index (χ2n) is 8.79. The fourth-order valence-electron chi connectivity index (χ4n) is 3.85. The second-order valence-corrected chi connectivity index (χ2v) is 8.79. The first-order chi connectivity index (χ1) is 17.5. The molecule has 0 bridgehead atoms. The third-order valence-electron chi connectivity index (χ3n) is 5.96. The predicted octanol–water partition coefficient (Wildman–Crippen LogP) is 5.49. The topological polar surface area (TPSA) is 103 Å². The Labute approximate surface area is 212 Å². The molecule has 2 aromatic rings. The molecule has 1 aliphatic rings. The fraction of sp³-hybridized carbons (Fsp3) is 0.276. The first kappa shape index (κ1) is 26.6. The van der Waals surface area contributed by atoms with Crippen molar-refractivity contribution in [2.45, 2.75) is 51.5 Å². The van der Waals surface area contributed by atoms with Gasteiger partial charge in [0.2, 0.25) is 11.8 Å². The number of nitrogens with zero attached hydrogens (tertiary/aromatic N) is 1. The van der Waals surface area contributed by atoms with Gasteiger partial charge in [-0.15, -0.1) is 0 Å². The molecule has 7 heteroatoms. The highest BCUT2D eigenvalue weighted by molar-refractivity contribution is 6.04. The van der Waals surface area contributed by atoms with E-state index in [2.05, 4.69) is 33.8 Å². The van der Waals surface area contributed by atoms with Gasteiger partial charge in [0, 0.05) is 22.9 Å². The molecule has 0 aliphatic heterocycles. The maximum atomic E-state index is 13.3. The van der Waals surface area contributed by atoms with Crippen LogP contribution in [0.3, 0.4) is 0 Å². The molecule has 7 nitrogen and oxygen atoms in total. The zero-order chi connectivity index (χ0) is 25.8. The quantitative estimate of drug-likeness (QED) is 0.180. The number of benzene rings is 1. The van der Waals surface area contributed by atoms with Crippen molar-refractivity contribution in [2.75, 3.05) is 5.32 Å². The lowest BCUT2D eigenvalue weighted by Crippen LogP contribution is -2.44. The molecule has 0 saturated heterocycles. The van der Waals surface area contributed by atoms with Crippen molar-refractivity contribution in [3.63, 3.8) is 0 Å². The summed E-state index contributed by atoms with van der Waals surface area (Å²) in [6.07, 6.45) is 17.7. The van der Waals surface area contributed by atoms with E-state index >= 15 is 0 Å². The maximum Gasteiger partial charge on any atom is 0.247 e. The van der Waals surface area contributed by atoms with Crippen LogP contribution in [0.5, 0.6) is 0 Å². The van der Waals surface area contributed by atoms with Crippen LogP contribution >= 0.6 is 0 Å². The van der Waals surface area contributed by atoms with E-state index in [1.165, 1.54) is 0 Å². The lowest BCUT2D eigenvalue weighted by atomic mass is 10.0. The summed E-state index contributed by atoms with van der Waals surface area (Å²) >= 11 is 0. The Morgan fingerprint density at radius 2 is 2.00 bits per heavy atom. The summed E-state index contributed by atoms with van der Waals surface area (Å²) in [6.45, 7) is 5.45. The fourth-order valence-corrected chi connectivity index (χ4v) is 3.85. The number of amides is 2. The van der Waals surface area contributed by atoms with Gasteiger partial charge in [-0.1, -0.05) is 74.1 Å². The van der Waals surface area contributed by atoms with Crippen LogP contribution in [-0.4, -0.2) is 28.0 Å². The third-order valence-corrected chi connectivity index (χ3v) is 5.96. The molecule has 4 N–H and O–H groups in total. The molecule has 1 heterocycles. The number of pyridine rings is 1. The zero-order valence-corrected chi connectivity index (χ0v) is 20.7. The smallest absolute Gasteiger partial charge is 0.247 e. The van der Waals surface area contributed by atoms with E-state index < -0.39 is 6.04 Å². The van der Waals surface area contributed by atoms with Gasteiger partial charge in [0.15, 0.2) is 0 Å². The molecule has 36 heavy (non-hydrogen) atoms. The number of hydrogen-bond acceptors (Lipinski definition) is 5. The first-order valence-corrected chi connectivity index (χ1v) is 12.2. The Hall–Kier alpha value is -3.97. The van der Waals surface area contributed by atoms with Gasteiger partial charge >= 0.3 is 0 Å². The van der Waals surface area contributed by atoms with Gasteiger partial charge in [0.05, 0.1) is 11.2 Å². The number of unbranched alkanes of at least 4 members (excludes halogenated alkanes) is 2. The normalized spacial score (nSPS) is 15.1. The van der Waals surface area contributed by atoms with Crippen LogP contribution in [0.2, 0.25) is 0 Å². The van der Waals surface area contributed by atoms with Crippen molar-refractivity contribution < 1.29 is 14.8 Å². The number of aromatic nitrogens is 1. The Bertz CT molecular complexity index is 1200. The van der Waals surface area contributed by atoms with Crippen molar-refractivity contribution in [3.05, 3.63) is 96.4 Å². The van der Waals surface area contributed by atoms with Crippen LogP contribution in [0.1, 0.15) is 45.4 Å². The molecular weight excluding hydrogens is 452 g/mol. The molecule has 0 spiro atoms. The van der Waals surface area contributed by atoms with Gasteiger partial charge in [-0.25, -0.2) is 0 Å².